The summed E-state index contributed by atoms with van der Waals surface area (Å²) in [6.07, 6.45) is 1.87. The molecule has 1 atom stereocenters. The molecule has 3 heteroatoms. The van der Waals surface area contributed by atoms with Crippen molar-refractivity contribution in [2.24, 2.45) is 5.92 Å². The van der Waals surface area contributed by atoms with E-state index in [1.807, 2.05) is 11.6 Å². The van der Waals surface area contributed by atoms with E-state index in [-0.39, 0.29) is 5.37 Å². The van der Waals surface area contributed by atoms with Gasteiger partial charge in [-0.05, 0) is 18.2 Å². The van der Waals surface area contributed by atoms with Gasteiger partial charge in [0.15, 0.2) is 0 Å². The SMILES string of the molecule is CC(=N)C1NC=CS1.CC(C)C. The molecule has 2 N–H and O–H groups in total. The van der Waals surface area contributed by atoms with Crippen molar-refractivity contribution in [1.82, 2.24) is 5.32 Å². The van der Waals surface area contributed by atoms with Gasteiger partial charge in [-0.1, -0.05) is 20.8 Å². The lowest BCUT2D eigenvalue weighted by atomic mass is 10.3. The molecule has 0 spiro atoms. The van der Waals surface area contributed by atoms with Crippen LogP contribution in [0.2, 0.25) is 0 Å². The third-order valence-corrected chi connectivity index (χ3v) is 1.98. The van der Waals surface area contributed by atoms with Crippen LogP contribution in [0.1, 0.15) is 27.7 Å². The van der Waals surface area contributed by atoms with Gasteiger partial charge in [0, 0.05) is 11.9 Å². The molecule has 0 aliphatic carbocycles. The quantitative estimate of drug-likeness (QED) is 0.618. The van der Waals surface area contributed by atoms with Crippen LogP contribution in [0.4, 0.5) is 0 Å². The predicted octanol–water partition coefficient (Wildman–Crippen LogP) is 2.82. The maximum absolute atomic E-state index is 7.17. The first-order valence-electron chi connectivity index (χ1n) is 4.15. The van der Waals surface area contributed by atoms with E-state index in [4.69, 9.17) is 5.41 Å². The summed E-state index contributed by atoms with van der Waals surface area (Å²) >= 11 is 1.63. The van der Waals surface area contributed by atoms with E-state index in [0.717, 1.165) is 5.92 Å². The molecule has 0 aromatic rings. The summed E-state index contributed by atoms with van der Waals surface area (Å²) in [7, 11) is 0. The number of nitrogens with one attached hydrogen (secondary N) is 2. The monoisotopic (exact) mass is 186 g/mol. The molecular weight excluding hydrogens is 168 g/mol. The first-order valence-corrected chi connectivity index (χ1v) is 5.10. The molecule has 0 bridgehead atoms. The molecule has 0 aromatic carbocycles. The van der Waals surface area contributed by atoms with Crippen LogP contribution in [0.3, 0.4) is 0 Å². The van der Waals surface area contributed by atoms with Crippen LogP contribution < -0.4 is 5.32 Å². The average molecular weight is 186 g/mol. The molecule has 0 aromatic heterocycles. The van der Waals surface area contributed by atoms with E-state index in [2.05, 4.69) is 26.1 Å². The highest BCUT2D eigenvalue weighted by atomic mass is 32.2. The van der Waals surface area contributed by atoms with Crippen molar-refractivity contribution >= 4 is 17.5 Å². The molecule has 1 rings (SSSR count). The number of rotatable bonds is 1. The second-order valence-electron chi connectivity index (χ2n) is 3.40. The molecule has 0 radical (unpaired) electrons. The Bertz CT molecular complexity index is 153. The van der Waals surface area contributed by atoms with Gasteiger partial charge >= 0.3 is 0 Å². The Labute approximate surface area is 79.3 Å². The summed E-state index contributed by atoms with van der Waals surface area (Å²) < 4.78 is 0. The average Bonchev–Trinajstić information content (AvgIpc) is 2.34. The van der Waals surface area contributed by atoms with Gasteiger partial charge in [0.25, 0.3) is 0 Å². The van der Waals surface area contributed by atoms with Crippen LogP contribution in [0, 0.1) is 11.3 Å². The van der Waals surface area contributed by atoms with Crippen molar-refractivity contribution in [2.75, 3.05) is 0 Å². The van der Waals surface area contributed by atoms with E-state index >= 15 is 0 Å². The zero-order valence-electron chi connectivity index (χ0n) is 8.22. The lowest BCUT2D eigenvalue weighted by molar-refractivity contribution is 0.737. The third-order valence-electron chi connectivity index (χ3n) is 0.924. The number of hydrogen-bond acceptors (Lipinski definition) is 3. The standard InChI is InChI=1S/C5H8N2S.C4H10/c1-4(6)5-7-2-3-8-5;1-4(2)3/h2-3,5-7H,1H3;4H,1-3H3. The van der Waals surface area contributed by atoms with E-state index in [1.54, 1.807) is 18.7 Å². The summed E-state index contributed by atoms with van der Waals surface area (Å²) in [5.74, 6) is 0.833. The normalized spacial score (nSPS) is 19.9. The Kier molecular flexibility index (Phi) is 5.89. The van der Waals surface area contributed by atoms with Crippen molar-refractivity contribution in [3.63, 3.8) is 0 Å². The fraction of sp³-hybridized carbons (Fsp3) is 0.667. The van der Waals surface area contributed by atoms with Crippen LogP contribution in [-0.4, -0.2) is 11.1 Å². The van der Waals surface area contributed by atoms with Gasteiger partial charge < -0.3 is 10.7 Å². The van der Waals surface area contributed by atoms with Crippen molar-refractivity contribution in [1.29, 1.82) is 5.41 Å². The van der Waals surface area contributed by atoms with Gasteiger partial charge in [-0.25, -0.2) is 0 Å². The lowest BCUT2D eigenvalue weighted by Gasteiger charge is -2.05. The van der Waals surface area contributed by atoms with E-state index in [9.17, 15) is 0 Å². The van der Waals surface area contributed by atoms with Crippen molar-refractivity contribution in [3.05, 3.63) is 11.6 Å². The smallest absolute Gasteiger partial charge is 0.114 e. The van der Waals surface area contributed by atoms with Gasteiger partial charge in [-0.3, -0.25) is 0 Å². The van der Waals surface area contributed by atoms with Crippen LogP contribution in [-0.2, 0) is 0 Å². The Hall–Kier alpha value is -0.440. The Morgan fingerprint density at radius 3 is 2.17 bits per heavy atom. The molecule has 0 saturated carbocycles. The molecule has 12 heavy (non-hydrogen) atoms. The fourth-order valence-corrected chi connectivity index (χ4v) is 1.19. The summed E-state index contributed by atoms with van der Waals surface area (Å²) in [6, 6.07) is 0. The van der Waals surface area contributed by atoms with Crippen molar-refractivity contribution in [2.45, 2.75) is 33.1 Å². The topological polar surface area (TPSA) is 35.9 Å². The molecule has 1 heterocycles. The highest BCUT2D eigenvalue weighted by molar-refractivity contribution is 8.03. The zero-order chi connectivity index (χ0) is 9.56. The minimum atomic E-state index is 0.204. The van der Waals surface area contributed by atoms with E-state index in [0.29, 0.717) is 5.71 Å². The van der Waals surface area contributed by atoms with Gasteiger partial charge in [0.1, 0.15) is 5.37 Å². The predicted molar refractivity (Wildman–Crippen MR) is 57.6 cm³/mol. The molecule has 1 aliphatic heterocycles. The van der Waals surface area contributed by atoms with Gasteiger partial charge in [0.05, 0.1) is 0 Å². The van der Waals surface area contributed by atoms with Gasteiger partial charge in [-0.15, -0.1) is 11.8 Å². The maximum atomic E-state index is 7.17. The second-order valence-corrected chi connectivity index (χ2v) is 4.42. The minimum Gasteiger partial charge on any atom is -0.374 e. The third kappa shape index (κ3) is 6.28. The summed E-state index contributed by atoms with van der Waals surface area (Å²) in [5, 5.41) is 12.3. The van der Waals surface area contributed by atoms with Crippen LogP contribution >= 0.6 is 11.8 Å². The van der Waals surface area contributed by atoms with Crippen LogP contribution in [0.15, 0.2) is 11.6 Å². The molecular formula is C9H18N2S. The molecule has 0 amide bonds. The Morgan fingerprint density at radius 1 is 1.50 bits per heavy atom. The Balaban J connectivity index is 0.000000261. The van der Waals surface area contributed by atoms with Crippen molar-refractivity contribution in [3.8, 4) is 0 Å². The zero-order valence-corrected chi connectivity index (χ0v) is 9.03. The molecule has 1 unspecified atom stereocenters. The van der Waals surface area contributed by atoms with Crippen LogP contribution in [0.5, 0.6) is 0 Å². The molecule has 0 saturated heterocycles. The molecule has 0 fully saturated rings. The van der Waals surface area contributed by atoms with E-state index in [1.165, 1.54) is 0 Å². The first kappa shape index (κ1) is 11.6. The minimum absolute atomic E-state index is 0.204. The maximum Gasteiger partial charge on any atom is 0.114 e. The summed E-state index contributed by atoms with van der Waals surface area (Å²) in [5.41, 5.74) is 0.681. The fourth-order valence-electron chi connectivity index (χ4n) is 0.511. The van der Waals surface area contributed by atoms with Gasteiger partial charge in [0.2, 0.25) is 0 Å². The highest BCUT2D eigenvalue weighted by Crippen LogP contribution is 2.15. The highest BCUT2D eigenvalue weighted by Gasteiger charge is 2.10. The molecule has 70 valence electrons. The van der Waals surface area contributed by atoms with Crippen molar-refractivity contribution < 1.29 is 0 Å². The summed E-state index contributed by atoms with van der Waals surface area (Å²) in [6.45, 7) is 8.30. The lowest BCUT2D eigenvalue weighted by Crippen LogP contribution is -2.23. The molecule has 2 nitrogen and oxygen atoms in total. The first-order chi connectivity index (χ1) is 5.54. The van der Waals surface area contributed by atoms with Gasteiger partial charge in [-0.2, -0.15) is 0 Å². The van der Waals surface area contributed by atoms with Crippen LogP contribution in [0.25, 0.3) is 0 Å². The number of hydrogen-bond donors (Lipinski definition) is 2. The largest absolute Gasteiger partial charge is 0.374 e. The van der Waals surface area contributed by atoms with E-state index < -0.39 is 0 Å². The molecule has 1 aliphatic rings. The Morgan fingerprint density at radius 2 is 2.00 bits per heavy atom. The second kappa shape index (κ2) is 6.12. The summed E-state index contributed by atoms with van der Waals surface area (Å²) in [4.78, 5) is 0. The number of thioether (sulfide) groups is 1.